The summed E-state index contributed by atoms with van der Waals surface area (Å²) in [5.41, 5.74) is 0.958. The molecule has 3 rings (SSSR count). The molecule has 144 valence electrons. The third-order valence-corrected chi connectivity index (χ3v) is 5.52. The quantitative estimate of drug-likeness (QED) is 0.695. The van der Waals surface area contributed by atoms with Crippen LogP contribution in [-0.2, 0) is 14.8 Å². The number of fused-ring (bicyclic) bond motifs is 1. The molecule has 0 aromatic heterocycles. The first kappa shape index (κ1) is 19.0. The number of rotatable bonds is 7. The second kappa shape index (κ2) is 7.85. The topological polar surface area (TPSA) is 103 Å². The lowest BCUT2D eigenvalue weighted by atomic mass is 10.2. The number of aryl methyl sites for hydroxylation is 1. The molecular formula is C18H20N2O6S. The Kier molecular flexibility index (Phi) is 5.52. The predicted molar refractivity (Wildman–Crippen MR) is 99.0 cm³/mol. The van der Waals surface area contributed by atoms with Crippen LogP contribution in [0.3, 0.4) is 0 Å². The standard InChI is InChI=1S/C18H20N2O6S/c1-12-9-13-16(26-11-18(21)20-13)10-17(12)27(22,23)19-7-8-25-15-6-4-3-5-14(15)24-2/h3-6,9-10,19H,7-8,11H2,1-2H3,(H,20,21). The van der Waals surface area contributed by atoms with Crippen molar-refractivity contribution in [2.45, 2.75) is 11.8 Å². The van der Waals surface area contributed by atoms with Gasteiger partial charge in [0.25, 0.3) is 5.91 Å². The summed E-state index contributed by atoms with van der Waals surface area (Å²) in [4.78, 5) is 11.5. The molecule has 1 amide bonds. The SMILES string of the molecule is COc1ccccc1OCCNS(=O)(=O)c1cc2c(cc1C)NC(=O)CO2. The molecule has 9 heteroatoms. The van der Waals surface area contributed by atoms with Gasteiger partial charge < -0.3 is 19.5 Å². The highest BCUT2D eigenvalue weighted by Crippen LogP contribution is 2.32. The van der Waals surface area contributed by atoms with Gasteiger partial charge in [0, 0.05) is 12.6 Å². The van der Waals surface area contributed by atoms with Gasteiger partial charge >= 0.3 is 0 Å². The summed E-state index contributed by atoms with van der Waals surface area (Å²) in [7, 11) is -2.23. The zero-order valence-corrected chi connectivity index (χ0v) is 15.8. The fourth-order valence-corrected chi connectivity index (χ4v) is 3.91. The number of anilines is 1. The van der Waals surface area contributed by atoms with Crippen LogP contribution in [0.25, 0.3) is 0 Å². The van der Waals surface area contributed by atoms with Crippen molar-refractivity contribution in [2.24, 2.45) is 0 Å². The van der Waals surface area contributed by atoms with Crippen LogP contribution in [0.2, 0.25) is 0 Å². The fourth-order valence-electron chi connectivity index (χ4n) is 2.66. The van der Waals surface area contributed by atoms with E-state index in [1.165, 1.54) is 13.2 Å². The number of carbonyl (C=O) groups is 1. The minimum absolute atomic E-state index is 0.0779. The van der Waals surface area contributed by atoms with Crippen LogP contribution in [0.4, 0.5) is 5.69 Å². The summed E-state index contributed by atoms with van der Waals surface area (Å²) in [6.45, 7) is 1.72. The number of hydrogen-bond donors (Lipinski definition) is 2. The van der Waals surface area contributed by atoms with Crippen LogP contribution in [0.5, 0.6) is 17.2 Å². The molecule has 2 aromatic carbocycles. The largest absolute Gasteiger partial charge is 0.493 e. The third-order valence-electron chi connectivity index (χ3n) is 3.92. The monoisotopic (exact) mass is 392 g/mol. The normalized spacial score (nSPS) is 13.3. The first-order valence-corrected chi connectivity index (χ1v) is 9.72. The Morgan fingerprint density at radius 3 is 2.70 bits per heavy atom. The molecule has 0 fully saturated rings. The lowest BCUT2D eigenvalue weighted by Gasteiger charge is -2.20. The first-order valence-electron chi connectivity index (χ1n) is 8.23. The van der Waals surface area contributed by atoms with Crippen LogP contribution in [0.1, 0.15) is 5.56 Å². The number of ether oxygens (including phenoxy) is 3. The van der Waals surface area contributed by atoms with E-state index >= 15 is 0 Å². The summed E-state index contributed by atoms with van der Waals surface area (Å²) in [5, 5.41) is 2.65. The molecule has 27 heavy (non-hydrogen) atoms. The number of methoxy groups -OCH3 is 1. The number of para-hydroxylation sites is 2. The van der Waals surface area contributed by atoms with E-state index in [9.17, 15) is 13.2 Å². The van der Waals surface area contributed by atoms with Gasteiger partial charge in [-0.1, -0.05) is 12.1 Å². The van der Waals surface area contributed by atoms with Crippen molar-refractivity contribution < 1.29 is 27.4 Å². The van der Waals surface area contributed by atoms with Crippen molar-refractivity contribution in [3.05, 3.63) is 42.0 Å². The maximum Gasteiger partial charge on any atom is 0.262 e. The van der Waals surface area contributed by atoms with Crippen LogP contribution < -0.4 is 24.2 Å². The van der Waals surface area contributed by atoms with E-state index in [0.717, 1.165) is 0 Å². The second-order valence-electron chi connectivity index (χ2n) is 5.85. The molecule has 0 atom stereocenters. The average molecular weight is 392 g/mol. The van der Waals surface area contributed by atoms with Gasteiger partial charge in [-0.3, -0.25) is 4.79 Å². The van der Waals surface area contributed by atoms with E-state index < -0.39 is 10.0 Å². The maximum absolute atomic E-state index is 12.6. The van der Waals surface area contributed by atoms with E-state index in [2.05, 4.69) is 10.0 Å². The van der Waals surface area contributed by atoms with E-state index in [4.69, 9.17) is 14.2 Å². The van der Waals surface area contributed by atoms with Gasteiger partial charge in [-0.15, -0.1) is 0 Å². The van der Waals surface area contributed by atoms with Gasteiger partial charge in [0.2, 0.25) is 10.0 Å². The highest BCUT2D eigenvalue weighted by molar-refractivity contribution is 7.89. The number of carbonyl (C=O) groups excluding carboxylic acids is 1. The smallest absolute Gasteiger partial charge is 0.262 e. The minimum atomic E-state index is -3.76. The van der Waals surface area contributed by atoms with E-state index in [1.54, 1.807) is 31.2 Å². The Hall–Kier alpha value is -2.78. The molecule has 0 radical (unpaired) electrons. The zero-order chi connectivity index (χ0) is 19.4. The Morgan fingerprint density at radius 2 is 1.96 bits per heavy atom. The Labute approximate surface area is 157 Å². The molecule has 0 saturated carbocycles. The van der Waals surface area contributed by atoms with Gasteiger partial charge in [0.15, 0.2) is 18.1 Å². The molecule has 0 aliphatic carbocycles. The summed E-state index contributed by atoms with van der Waals surface area (Å²) in [6.07, 6.45) is 0. The second-order valence-corrected chi connectivity index (χ2v) is 7.58. The van der Waals surface area contributed by atoms with Gasteiger partial charge in [-0.05, 0) is 30.7 Å². The van der Waals surface area contributed by atoms with Gasteiger partial charge in [-0.2, -0.15) is 0 Å². The summed E-state index contributed by atoms with van der Waals surface area (Å²) in [6, 6.07) is 10.1. The van der Waals surface area contributed by atoms with Crippen molar-refractivity contribution in [3.8, 4) is 17.2 Å². The molecule has 0 spiro atoms. The highest BCUT2D eigenvalue weighted by atomic mass is 32.2. The maximum atomic E-state index is 12.6. The van der Waals surface area contributed by atoms with Crippen LogP contribution >= 0.6 is 0 Å². The summed E-state index contributed by atoms with van der Waals surface area (Å²) < 4.78 is 43.8. The number of nitrogens with one attached hydrogen (secondary N) is 2. The molecular weight excluding hydrogens is 372 g/mol. The Morgan fingerprint density at radius 1 is 1.22 bits per heavy atom. The lowest BCUT2D eigenvalue weighted by molar-refractivity contribution is -0.118. The molecule has 1 aliphatic heterocycles. The van der Waals surface area contributed by atoms with Crippen molar-refractivity contribution in [3.63, 3.8) is 0 Å². The highest BCUT2D eigenvalue weighted by Gasteiger charge is 2.23. The Balaban J connectivity index is 1.66. The summed E-state index contributed by atoms with van der Waals surface area (Å²) >= 11 is 0. The molecule has 0 saturated heterocycles. The average Bonchev–Trinajstić information content (AvgIpc) is 2.64. The molecule has 2 N–H and O–H groups in total. The van der Waals surface area contributed by atoms with E-state index in [0.29, 0.717) is 28.5 Å². The van der Waals surface area contributed by atoms with Gasteiger partial charge in [0.05, 0.1) is 17.7 Å². The van der Waals surface area contributed by atoms with Crippen molar-refractivity contribution in [2.75, 3.05) is 32.2 Å². The molecule has 0 unspecified atom stereocenters. The van der Waals surface area contributed by atoms with Crippen LogP contribution in [-0.4, -0.2) is 41.2 Å². The molecule has 1 aliphatic rings. The molecule has 2 aromatic rings. The number of hydrogen-bond acceptors (Lipinski definition) is 6. The van der Waals surface area contributed by atoms with Crippen molar-refractivity contribution in [1.82, 2.24) is 4.72 Å². The van der Waals surface area contributed by atoms with Crippen LogP contribution in [0, 0.1) is 6.92 Å². The van der Waals surface area contributed by atoms with E-state index in [1.807, 2.05) is 6.07 Å². The van der Waals surface area contributed by atoms with Gasteiger partial charge in [-0.25, -0.2) is 13.1 Å². The first-order chi connectivity index (χ1) is 12.9. The third kappa shape index (κ3) is 4.32. The molecule has 8 nitrogen and oxygen atoms in total. The molecule has 1 heterocycles. The zero-order valence-electron chi connectivity index (χ0n) is 14.9. The fraction of sp³-hybridized carbons (Fsp3) is 0.278. The van der Waals surface area contributed by atoms with Gasteiger partial charge in [0.1, 0.15) is 12.4 Å². The van der Waals surface area contributed by atoms with Crippen molar-refractivity contribution in [1.29, 1.82) is 0 Å². The predicted octanol–water partition coefficient (Wildman–Crippen LogP) is 1.69. The Bertz CT molecular complexity index is 958. The number of amides is 1. The number of benzene rings is 2. The van der Waals surface area contributed by atoms with Crippen molar-refractivity contribution >= 4 is 21.6 Å². The van der Waals surface area contributed by atoms with E-state index in [-0.39, 0.29) is 30.6 Å². The minimum Gasteiger partial charge on any atom is -0.493 e. The van der Waals surface area contributed by atoms with Crippen LogP contribution in [0.15, 0.2) is 41.3 Å². The summed E-state index contributed by atoms with van der Waals surface area (Å²) in [5.74, 6) is 1.16. The lowest BCUT2D eigenvalue weighted by Crippen LogP contribution is -2.30. The number of sulfonamides is 1. The molecule has 0 bridgehead atoms.